The second-order valence-corrected chi connectivity index (χ2v) is 5.65. The fourth-order valence-corrected chi connectivity index (χ4v) is 2.41. The molecule has 0 bridgehead atoms. The molecule has 0 saturated carbocycles. The summed E-state index contributed by atoms with van der Waals surface area (Å²) in [7, 11) is 0. The molecule has 0 spiro atoms. The zero-order chi connectivity index (χ0) is 17.6. The lowest BCUT2D eigenvalue weighted by molar-refractivity contribution is -0.153. The molecule has 1 aromatic carbocycles. The highest BCUT2D eigenvalue weighted by molar-refractivity contribution is 5.74. The first-order chi connectivity index (χ1) is 11.3. The molecular weight excluding hydrogens is 325 g/mol. The molecular formula is C16H21F3N2O3. The van der Waals surface area contributed by atoms with Crippen molar-refractivity contribution in [2.75, 3.05) is 26.3 Å². The minimum absolute atomic E-state index is 0.0411. The van der Waals surface area contributed by atoms with Crippen LogP contribution in [0.3, 0.4) is 0 Å². The standard InChI is InChI=1S/C16H21F3N2O3/c1-12-10-21(7-4-8-23-12)15(22)20-9-13-5-2-3-6-14(13)24-11-16(17,18)19/h2-3,5-6,12H,4,7-11H2,1H3,(H,20,22)/t12-/m0/s1. The summed E-state index contributed by atoms with van der Waals surface area (Å²) in [6, 6.07) is 6.09. The fraction of sp³-hybridized carbons (Fsp3) is 0.562. The van der Waals surface area contributed by atoms with Crippen molar-refractivity contribution >= 4 is 6.03 Å². The topological polar surface area (TPSA) is 50.8 Å². The van der Waals surface area contributed by atoms with Gasteiger partial charge >= 0.3 is 12.2 Å². The predicted octanol–water partition coefficient (Wildman–Crippen LogP) is 2.95. The smallest absolute Gasteiger partial charge is 0.422 e. The molecule has 1 fully saturated rings. The summed E-state index contributed by atoms with van der Waals surface area (Å²) in [4.78, 5) is 13.9. The SMILES string of the molecule is C[C@H]1CN(C(=O)NCc2ccccc2OCC(F)(F)F)CCCO1. The van der Waals surface area contributed by atoms with Crippen LogP contribution in [-0.2, 0) is 11.3 Å². The molecule has 2 rings (SSSR count). The van der Waals surface area contributed by atoms with Gasteiger partial charge in [-0.05, 0) is 19.4 Å². The molecule has 1 aliphatic rings. The number of ether oxygens (including phenoxy) is 2. The Balaban J connectivity index is 1.92. The molecule has 0 aliphatic carbocycles. The number of benzene rings is 1. The molecule has 1 aromatic rings. The number of halogens is 3. The van der Waals surface area contributed by atoms with Crippen LogP contribution in [0.25, 0.3) is 0 Å². The van der Waals surface area contributed by atoms with Gasteiger partial charge in [0.25, 0.3) is 0 Å². The van der Waals surface area contributed by atoms with Gasteiger partial charge in [0.2, 0.25) is 0 Å². The Hall–Kier alpha value is -1.96. The van der Waals surface area contributed by atoms with E-state index in [0.717, 1.165) is 6.42 Å². The summed E-state index contributed by atoms with van der Waals surface area (Å²) in [6.07, 6.45) is -3.69. The summed E-state index contributed by atoms with van der Waals surface area (Å²) < 4.78 is 47.2. The quantitative estimate of drug-likeness (QED) is 0.912. The number of amides is 2. The molecule has 1 heterocycles. The van der Waals surface area contributed by atoms with Crippen LogP contribution < -0.4 is 10.1 Å². The molecule has 134 valence electrons. The molecule has 1 atom stereocenters. The van der Waals surface area contributed by atoms with Crippen molar-refractivity contribution in [3.8, 4) is 5.75 Å². The van der Waals surface area contributed by atoms with E-state index >= 15 is 0 Å². The molecule has 0 unspecified atom stereocenters. The van der Waals surface area contributed by atoms with Gasteiger partial charge in [0.1, 0.15) is 5.75 Å². The lowest BCUT2D eigenvalue weighted by Crippen LogP contribution is -2.42. The molecule has 24 heavy (non-hydrogen) atoms. The third kappa shape index (κ3) is 5.92. The van der Waals surface area contributed by atoms with Crippen LogP contribution >= 0.6 is 0 Å². The maximum atomic E-state index is 12.3. The number of nitrogens with one attached hydrogen (secondary N) is 1. The Morgan fingerprint density at radius 2 is 2.17 bits per heavy atom. The Morgan fingerprint density at radius 3 is 2.92 bits per heavy atom. The number of carbonyl (C=O) groups is 1. The first kappa shape index (κ1) is 18.4. The highest BCUT2D eigenvalue weighted by Crippen LogP contribution is 2.22. The van der Waals surface area contributed by atoms with Crippen molar-refractivity contribution in [3.63, 3.8) is 0 Å². The van der Waals surface area contributed by atoms with E-state index in [1.54, 1.807) is 23.1 Å². The van der Waals surface area contributed by atoms with Gasteiger partial charge in [-0.15, -0.1) is 0 Å². The second kappa shape index (κ2) is 8.23. The number of urea groups is 1. The second-order valence-electron chi connectivity index (χ2n) is 5.65. The van der Waals surface area contributed by atoms with E-state index in [2.05, 4.69) is 5.32 Å². The van der Waals surface area contributed by atoms with Crippen molar-refractivity contribution in [2.24, 2.45) is 0 Å². The summed E-state index contributed by atoms with van der Waals surface area (Å²) in [5.74, 6) is 0.114. The summed E-state index contributed by atoms with van der Waals surface area (Å²) in [5, 5.41) is 2.72. The zero-order valence-corrected chi connectivity index (χ0v) is 13.4. The van der Waals surface area contributed by atoms with Gasteiger partial charge < -0.3 is 19.7 Å². The van der Waals surface area contributed by atoms with Crippen LogP contribution in [0.2, 0.25) is 0 Å². The largest absolute Gasteiger partial charge is 0.484 e. The number of rotatable bonds is 4. The molecule has 5 nitrogen and oxygen atoms in total. The molecule has 8 heteroatoms. The highest BCUT2D eigenvalue weighted by Gasteiger charge is 2.28. The number of carbonyl (C=O) groups excluding carboxylic acids is 1. The van der Waals surface area contributed by atoms with Crippen LogP contribution in [0.4, 0.5) is 18.0 Å². The molecule has 1 N–H and O–H groups in total. The van der Waals surface area contributed by atoms with E-state index in [4.69, 9.17) is 9.47 Å². The third-order valence-electron chi connectivity index (χ3n) is 3.53. The first-order valence-corrected chi connectivity index (χ1v) is 7.77. The number of para-hydroxylation sites is 1. The monoisotopic (exact) mass is 346 g/mol. The van der Waals surface area contributed by atoms with Gasteiger partial charge in [0, 0.05) is 31.8 Å². The summed E-state index contributed by atoms with van der Waals surface area (Å²) >= 11 is 0. The number of alkyl halides is 3. The van der Waals surface area contributed by atoms with Gasteiger partial charge in [0.05, 0.1) is 6.10 Å². The fourth-order valence-electron chi connectivity index (χ4n) is 2.41. The van der Waals surface area contributed by atoms with E-state index in [-0.39, 0.29) is 24.4 Å². The van der Waals surface area contributed by atoms with Gasteiger partial charge in [-0.1, -0.05) is 18.2 Å². The Morgan fingerprint density at radius 1 is 1.42 bits per heavy atom. The minimum Gasteiger partial charge on any atom is -0.484 e. The lowest BCUT2D eigenvalue weighted by Gasteiger charge is -2.23. The van der Waals surface area contributed by atoms with Gasteiger partial charge in [0.15, 0.2) is 6.61 Å². The molecule has 0 radical (unpaired) electrons. The van der Waals surface area contributed by atoms with Crippen LogP contribution in [0.1, 0.15) is 18.9 Å². The minimum atomic E-state index is -4.40. The lowest BCUT2D eigenvalue weighted by atomic mass is 10.2. The third-order valence-corrected chi connectivity index (χ3v) is 3.53. The number of hydrogen-bond acceptors (Lipinski definition) is 3. The van der Waals surface area contributed by atoms with Crippen LogP contribution in [0, 0.1) is 0 Å². The molecule has 2 amide bonds. The van der Waals surface area contributed by atoms with Gasteiger partial charge in [-0.25, -0.2) is 4.79 Å². The molecule has 1 saturated heterocycles. The molecule has 0 aromatic heterocycles. The number of hydrogen-bond donors (Lipinski definition) is 1. The summed E-state index contributed by atoms with van der Waals surface area (Å²) in [5.41, 5.74) is 0.495. The predicted molar refractivity (Wildman–Crippen MR) is 81.8 cm³/mol. The number of nitrogens with zero attached hydrogens (tertiary/aromatic N) is 1. The van der Waals surface area contributed by atoms with Crippen molar-refractivity contribution < 1.29 is 27.4 Å². The highest BCUT2D eigenvalue weighted by atomic mass is 19.4. The van der Waals surface area contributed by atoms with Crippen molar-refractivity contribution in [1.82, 2.24) is 10.2 Å². The van der Waals surface area contributed by atoms with Crippen LogP contribution in [0.15, 0.2) is 24.3 Å². The van der Waals surface area contributed by atoms with Crippen LogP contribution in [0.5, 0.6) is 5.75 Å². The average molecular weight is 346 g/mol. The van der Waals surface area contributed by atoms with E-state index < -0.39 is 12.8 Å². The van der Waals surface area contributed by atoms with E-state index in [9.17, 15) is 18.0 Å². The van der Waals surface area contributed by atoms with E-state index in [1.807, 2.05) is 6.92 Å². The first-order valence-electron chi connectivity index (χ1n) is 7.77. The maximum Gasteiger partial charge on any atom is 0.422 e. The Kier molecular flexibility index (Phi) is 6.30. The zero-order valence-electron chi connectivity index (χ0n) is 13.4. The summed E-state index contributed by atoms with van der Waals surface area (Å²) in [6.45, 7) is 2.31. The van der Waals surface area contributed by atoms with Crippen molar-refractivity contribution in [2.45, 2.75) is 32.2 Å². The van der Waals surface area contributed by atoms with E-state index in [1.165, 1.54) is 6.07 Å². The maximum absolute atomic E-state index is 12.3. The van der Waals surface area contributed by atoms with Gasteiger partial charge in [-0.2, -0.15) is 13.2 Å². The van der Waals surface area contributed by atoms with Crippen LogP contribution in [-0.4, -0.2) is 49.5 Å². The Bertz CT molecular complexity index is 552. The Labute approximate surface area is 138 Å². The normalized spacial score (nSPS) is 18.8. The van der Waals surface area contributed by atoms with Gasteiger partial charge in [-0.3, -0.25) is 0 Å². The van der Waals surface area contributed by atoms with Crippen molar-refractivity contribution in [1.29, 1.82) is 0 Å². The average Bonchev–Trinajstić information content (AvgIpc) is 2.75. The van der Waals surface area contributed by atoms with Crippen molar-refractivity contribution in [3.05, 3.63) is 29.8 Å². The molecule has 1 aliphatic heterocycles. The van der Waals surface area contributed by atoms with E-state index in [0.29, 0.717) is 25.3 Å².